The lowest BCUT2D eigenvalue weighted by molar-refractivity contribution is 0.700. The van der Waals surface area contributed by atoms with Crippen LogP contribution >= 0.6 is 11.3 Å². The summed E-state index contributed by atoms with van der Waals surface area (Å²) in [6.45, 7) is 2.25. The maximum Gasteiger partial charge on any atom is 0.0794 e. The predicted octanol–water partition coefficient (Wildman–Crippen LogP) is 6.30. The standard InChI is InChI=1S/C22H19NS/c1-14-10-11-18(21-16-7-3-2-6-15(16)12-13-23-21)22-20(14)17-8-4-5-9-19(17)24-22/h2-3,6-7,10-13H,4-5,8-9H2,1H3. The van der Waals surface area contributed by atoms with Gasteiger partial charge in [-0.1, -0.05) is 36.4 Å². The summed E-state index contributed by atoms with van der Waals surface area (Å²) in [5.41, 5.74) is 5.44. The van der Waals surface area contributed by atoms with Gasteiger partial charge in [-0.25, -0.2) is 0 Å². The molecule has 2 heteroatoms. The molecule has 2 aromatic heterocycles. The van der Waals surface area contributed by atoms with Crippen molar-refractivity contribution in [2.24, 2.45) is 0 Å². The molecule has 0 saturated heterocycles. The van der Waals surface area contributed by atoms with Crippen molar-refractivity contribution < 1.29 is 0 Å². The van der Waals surface area contributed by atoms with E-state index < -0.39 is 0 Å². The number of hydrogen-bond donors (Lipinski definition) is 0. The van der Waals surface area contributed by atoms with Crippen molar-refractivity contribution in [3.63, 3.8) is 0 Å². The molecular formula is C22H19NS. The van der Waals surface area contributed by atoms with Crippen LogP contribution in [0.1, 0.15) is 28.8 Å². The van der Waals surface area contributed by atoms with Gasteiger partial charge >= 0.3 is 0 Å². The normalized spacial score (nSPS) is 14.2. The maximum absolute atomic E-state index is 4.77. The first-order chi connectivity index (χ1) is 11.8. The quantitative estimate of drug-likeness (QED) is 0.399. The highest BCUT2D eigenvalue weighted by molar-refractivity contribution is 7.20. The molecule has 1 nitrogen and oxygen atoms in total. The van der Waals surface area contributed by atoms with E-state index >= 15 is 0 Å². The third-order valence-electron chi connectivity index (χ3n) is 5.24. The fourth-order valence-electron chi connectivity index (χ4n) is 4.06. The monoisotopic (exact) mass is 329 g/mol. The number of aryl methyl sites for hydroxylation is 3. The lowest BCUT2D eigenvalue weighted by Gasteiger charge is -2.12. The summed E-state index contributed by atoms with van der Waals surface area (Å²) in [6.07, 6.45) is 7.09. The van der Waals surface area contributed by atoms with Crippen LogP contribution in [0.3, 0.4) is 0 Å². The van der Waals surface area contributed by atoms with E-state index in [1.807, 2.05) is 17.5 Å². The van der Waals surface area contributed by atoms with E-state index in [0.29, 0.717) is 0 Å². The SMILES string of the molecule is Cc1ccc(-c2nccc3ccccc23)c2sc3c(c12)CCCC3. The van der Waals surface area contributed by atoms with E-state index in [-0.39, 0.29) is 0 Å². The van der Waals surface area contributed by atoms with Gasteiger partial charge in [0.1, 0.15) is 0 Å². The second-order valence-corrected chi connectivity index (χ2v) is 7.83. The summed E-state index contributed by atoms with van der Waals surface area (Å²) in [5.74, 6) is 0. The third kappa shape index (κ3) is 2.03. The Morgan fingerprint density at radius 2 is 1.83 bits per heavy atom. The molecule has 0 aliphatic heterocycles. The first-order valence-electron chi connectivity index (χ1n) is 8.71. The Kier molecular flexibility index (Phi) is 3.20. The first kappa shape index (κ1) is 14.2. The van der Waals surface area contributed by atoms with Gasteiger partial charge in [0.2, 0.25) is 0 Å². The Morgan fingerprint density at radius 1 is 0.958 bits per heavy atom. The number of fused-ring (bicyclic) bond motifs is 4. The second kappa shape index (κ2) is 5.42. The van der Waals surface area contributed by atoms with Crippen LogP contribution in [0.15, 0.2) is 48.7 Å². The van der Waals surface area contributed by atoms with Crippen molar-refractivity contribution in [1.82, 2.24) is 4.98 Å². The number of hydrogen-bond acceptors (Lipinski definition) is 2. The Balaban J connectivity index is 1.87. The van der Waals surface area contributed by atoms with Crippen molar-refractivity contribution in [2.75, 3.05) is 0 Å². The van der Waals surface area contributed by atoms with E-state index in [9.17, 15) is 0 Å². The Labute approximate surface area is 146 Å². The van der Waals surface area contributed by atoms with Crippen LogP contribution in [-0.2, 0) is 12.8 Å². The zero-order chi connectivity index (χ0) is 16.1. The molecule has 2 aromatic carbocycles. The van der Waals surface area contributed by atoms with Crippen LogP contribution in [0.5, 0.6) is 0 Å². The molecule has 118 valence electrons. The highest BCUT2D eigenvalue weighted by Crippen LogP contribution is 2.43. The molecule has 0 bridgehead atoms. The van der Waals surface area contributed by atoms with Crippen LogP contribution in [0.25, 0.3) is 32.1 Å². The minimum Gasteiger partial charge on any atom is -0.256 e. The van der Waals surface area contributed by atoms with Gasteiger partial charge in [0, 0.05) is 26.7 Å². The first-order valence-corrected chi connectivity index (χ1v) is 9.52. The minimum atomic E-state index is 1.12. The fourth-order valence-corrected chi connectivity index (χ4v) is 5.54. The van der Waals surface area contributed by atoms with Gasteiger partial charge in [-0.05, 0) is 60.6 Å². The zero-order valence-electron chi connectivity index (χ0n) is 13.8. The molecule has 0 unspecified atom stereocenters. The predicted molar refractivity (Wildman–Crippen MR) is 104 cm³/mol. The Morgan fingerprint density at radius 3 is 2.79 bits per heavy atom. The molecule has 0 fully saturated rings. The molecule has 4 aromatic rings. The maximum atomic E-state index is 4.77. The lowest BCUT2D eigenvalue weighted by Crippen LogP contribution is -1.98. The van der Waals surface area contributed by atoms with Gasteiger partial charge < -0.3 is 0 Å². The van der Waals surface area contributed by atoms with Gasteiger partial charge in [-0.3, -0.25) is 4.98 Å². The number of rotatable bonds is 1. The molecule has 0 saturated carbocycles. The van der Waals surface area contributed by atoms with E-state index in [0.717, 1.165) is 5.69 Å². The lowest BCUT2D eigenvalue weighted by atomic mass is 9.92. The molecule has 1 aliphatic carbocycles. The van der Waals surface area contributed by atoms with Crippen molar-refractivity contribution in [3.05, 3.63) is 64.7 Å². The number of aromatic nitrogens is 1. The van der Waals surface area contributed by atoms with Crippen LogP contribution in [0.2, 0.25) is 0 Å². The number of benzene rings is 2. The topological polar surface area (TPSA) is 12.9 Å². The molecular weight excluding hydrogens is 310 g/mol. The van der Waals surface area contributed by atoms with Crippen LogP contribution in [0.4, 0.5) is 0 Å². The van der Waals surface area contributed by atoms with Gasteiger partial charge in [0.25, 0.3) is 0 Å². The van der Waals surface area contributed by atoms with Crippen molar-refractivity contribution in [2.45, 2.75) is 32.6 Å². The average molecular weight is 329 g/mol. The van der Waals surface area contributed by atoms with Crippen LogP contribution < -0.4 is 0 Å². The summed E-state index contributed by atoms with van der Waals surface area (Å²) in [7, 11) is 0. The van der Waals surface area contributed by atoms with Crippen LogP contribution in [-0.4, -0.2) is 4.98 Å². The summed E-state index contributed by atoms with van der Waals surface area (Å²) in [6, 6.07) is 15.2. The molecule has 24 heavy (non-hydrogen) atoms. The molecule has 1 aliphatic rings. The minimum absolute atomic E-state index is 1.12. The van der Waals surface area contributed by atoms with Gasteiger partial charge in [-0.2, -0.15) is 0 Å². The molecule has 0 atom stereocenters. The molecule has 0 amide bonds. The highest BCUT2D eigenvalue weighted by atomic mass is 32.1. The Bertz CT molecular complexity index is 1070. The van der Waals surface area contributed by atoms with Gasteiger partial charge in [0.15, 0.2) is 0 Å². The molecule has 0 N–H and O–H groups in total. The van der Waals surface area contributed by atoms with Crippen molar-refractivity contribution in [1.29, 1.82) is 0 Å². The molecule has 2 heterocycles. The van der Waals surface area contributed by atoms with E-state index in [1.54, 1.807) is 10.4 Å². The molecule has 5 rings (SSSR count). The third-order valence-corrected chi connectivity index (χ3v) is 6.56. The number of nitrogens with zero attached hydrogens (tertiary/aromatic N) is 1. The van der Waals surface area contributed by atoms with Crippen molar-refractivity contribution in [3.8, 4) is 11.3 Å². The summed E-state index contributed by atoms with van der Waals surface area (Å²) < 4.78 is 1.44. The molecule has 0 radical (unpaired) electrons. The highest BCUT2D eigenvalue weighted by Gasteiger charge is 2.20. The summed E-state index contributed by atoms with van der Waals surface area (Å²) >= 11 is 2.00. The molecule has 0 spiro atoms. The van der Waals surface area contributed by atoms with E-state index in [4.69, 9.17) is 4.98 Å². The smallest absolute Gasteiger partial charge is 0.0794 e. The van der Waals surface area contributed by atoms with Crippen molar-refractivity contribution >= 4 is 32.2 Å². The Hall–Kier alpha value is -2.19. The van der Waals surface area contributed by atoms with Gasteiger partial charge in [0.05, 0.1) is 5.69 Å². The van der Waals surface area contributed by atoms with Crippen LogP contribution in [0, 0.1) is 6.92 Å². The number of pyridine rings is 1. The largest absolute Gasteiger partial charge is 0.256 e. The number of thiophene rings is 1. The summed E-state index contributed by atoms with van der Waals surface area (Å²) in [4.78, 5) is 6.37. The van der Waals surface area contributed by atoms with E-state index in [2.05, 4.69) is 49.4 Å². The zero-order valence-corrected chi connectivity index (χ0v) is 14.6. The average Bonchev–Trinajstić information content (AvgIpc) is 3.02. The fraction of sp³-hybridized carbons (Fsp3) is 0.227. The summed E-state index contributed by atoms with van der Waals surface area (Å²) in [5, 5.41) is 4.01. The van der Waals surface area contributed by atoms with Gasteiger partial charge in [-0.15, -0.1) is 11.3 Å². The van der Waals surface area contributed by atoms with E-state index in [1.165, 1.54) is 57.7 Å². The second-order valence-electron chi connectivity index (χ2n) is 6.73.